The second-order valence-corrected chi connectivity index (χ2v) is 6.48. The Morgan fingerprint density at radius 3 is 1.80 bits per heavy atom. The molecule has 0 N–H and O–H groups in total. The zero-order chi connectivity index (χ0) is 13.9. The predicted octanol–water partition coefficient (Wildman–Crippen LogP) is 6.39. The van der Waals surface area contributed by atoms with Crippen LogP contribution in [0.15, 0.2) is 77.3 Å². The van der Waals surface area contributed by atoms with Crippen molar-refractivity contribution in [1.29, 1.82) is 0 Å². The molecular formula is C18H12BrI. The van der Waals surface area contributed by atoms with E-state index < -0.39 is 0 Å². The van der Waals surface area contributed by atoms with Gasteiger partial charge < -0.3 is 0 Å². The molecule has 2 heteroatoms. The molecule has 0 aliphatic rings. The van der Waals surface area contributed by atoms with Gasteiger partial charge in [-0.2, -0.15) is 0 Å². The van der Waals surface area contributed by atoms with Gasteiger partial charge in [-0.05, 0) is 72.9 Å². The van der Waals surface area contributed by atoms with E-state index in [1.807, 2.05) is 12.1 Å². The second kappa shape index (κ2) is 6.10. The normalized spacial score (nSPS) is 10.5. The van der Waals surface area contributed by atoms with Crippen molar-refractivity contribution in [2.75, 3.05) is 0 Å². The number of hydrogen-bond acceptors (Lipinski definition) is 0. The zero-order valence-electron chi connectivity index (χ0n) is 10.7. The largest absolute Gasteiger partial charge is 0.0622 e. The Kier molecular flexibility index (Phi) is 4.22. The summed E-state index contributed by atoms with van der Waals surface area (Å²) in [7, 11) is 0. The molecule has 0 spiro atoms. The highest BCUT2D eigenvalue weighted by molar-refractivity contribution is 14.1. The Morgan fingerprint density at radius 2 is 1.20 bits per heavy atom. The van der Waals surface area contributed by atoms with Crippen LogP contribution in [0.1, 0.15) is 0 Å². The van der Waals surface area contributed by atoms with Gasteiger partial charge in [0.05, 0.1) is 0 Å². The van der Waals surface area contributed by atoms with Crippen LogP contribution in [-0.2, 0) is 0 Å². The Hall–Kier alpha value is -1.13. The minimum absolute atomic E-state index is 1.14. The van der Waals surface area contributed by atoms with E-state index in [4.69, 9.17) is 0 Å². The van der Waals surface area contributed by atoms with Gasteiger partial charge in [0.2, 0.25) is 0 Å². The number of benzene rings is 3. The zero-order valence-corrected chi connectivity index (χ0v) is 14.4. The maximum atomic E-state index is 3.68. The molecule has 0 bridgehead atoms. The fourth-order valence-electron chi connectivity index (χ4n) is 2.21. The maximum absolute atomic E-state index is 3.68. The van der Waals surface area contributed by atoms with Gasteiger partial charge in [0, 0.05) is 8.04 Å². The van der Waals surface area contributed by atoms with E-state index in [1.54, 1.807) is 0 Å². The molecule has 3 rings (SSSR count). The van der Waals surface area contributed by atoms with Crippen LogP contribution < -0.4 is 0 Å². The highest BCUT2D eigenvalue weighted by Gasteiger charge is 2.09. The third-order valence-corrected chi connectivity index (χ3v) is 5.75. The van der Waals surface area contributed by atoms with E-state index in [9.17, 15) is 0 Å². The summed E-state index contributed by atoms with van der Waals surface area (Å²) in [5.41, 5.74) is 4.98. The summed E-state index contributed by atoms with van der Waals surface area (Å²) >= 11 is 6.08. The molecule has 0 saturated heterocycles. The van der Waals surface area contributed by atoms with Gasteiger partial charge >= 0.3 is 0 Å². The molecule has 0 unspecified atom stereocenters. The van der Waals surface area contributed by atoms with Crippen molar-refractivity contribution in [3.63, 3.8) is 0 Å². The van der Waals surface area contributed by atoms with Crippen molar-refractivity contribution in [2.24, 2.45) is 0 Å². The van der Waals surface area contributed by atoms with E-state index in [1.165, 1.54) is 25.8 Å². The van der Waals surface area contributed by atoms with Crippen LogP contribution in [0.3, 0.4) is 0 Å². The van der Waals surface area contributed by atoms with Crippen molar-refractivity contribution < 1.29 is 0 Å². The first kappa shape index (κ1) is 13.8. The number of rotatable bonds is 2. The first-order valence-electron chi connectivity index (χ1n) is 6.35. The molecule has 0 atom stereocenters. The molecular weight excluding hydrogens is 423 g/mol. The van der Waals surface area contributed by atoms with E-state index in [0.717, 1.165) is 4.47 Å². The Balaban J connectivity index is 2.19. The van der Waals surface area contributed by atoms with Crippen LogP contribution in [0.25, 0.3) is 22.3 Å². The lowest BCUT2D eigenvalue weighted by Gasteiger charge is -2.11. The smallest absolute Gasteiger partial charge is 0.0351 e. The molecule has 0 amide bonds. The molecule has 0 heterocycles. The molecule has 0 aliphatic heterocycles. The molecule has 0 aromatic heterocycles. The van der Waals surface area contributed by atoms with Gasteiger partial charge in [-0.1, -0.05) is 60.7 Å². The van der Waals surface area contributed by atoms with Crippen LogP contribution in [-0.4, -0.2) is 0 Å². The quantitative estimate of drug-likeness (QED) is 0.410. The van der Waals surface area contributed by atoms with Crippen molar-refractivity contribution >= 4 is 38.5 Å². The summed E-state index contributed by atoms with van der Waals surface area (Å²) in [4.78, 5) is 0. The SMILES string of the molecule is Brc1cc(-c2ccccc2)cc(-c2ccccc2)c1I. The molecule has 0 saturated carbocycles. The maximum Gasteiger partial charge on any atom is 0.0351 e. The molecule has 0 radical (unpaired) electrons. The minimum Gasteiger partial charge on any atom is -0.0622 e. The van der Waals surface area contributed by atoms with Crippen LogP contribution in [0.5, 0.6) is 0 Å². The standard InChI is InChI=1S/C18H12BrI/c19-17-12-15(13-7-3-1-4-8-13)11-16(18(17)20)14-9-5-2-6-10-14/h1-12H. The number of halogens is 2. The van der Waals surface area contributed by atoms with E-state index in [0.29, 0.717) is 0 Å². The summed E-state index contributed by atoms with van der Waals surface area (Å²) in [6.45, 7) is 0. The lowest BCUT2D eigenvalue weighted by Crippen LogP contribution is -1.87. The third-order valence-electron chi connectivity index (χ3n) is 3.22. The molecule has 98 valence electrons. The predicted molar refractivity (Wildman–Crippen MR) is 97.7 cm³/mol. The average Bonchev–Trinajstić information content (AvgIpc) is 2.51. The Bertz CT molecular complexity index is 721. The first-order valence-corrected chi connectivity index (χ1v) is 8.23. The highest BCUT2D eigenvalue weighted by Crippen LogP contribution is 2.35. The van der Waals surface area contributed by atoms with Crippen molar-refractivity contribution in [3.8, 4) is 22.3 Å². The lowest BCUT2D eigenvalue weighted by atomic mass is 9.99. The van der Waals surface area contributed by atoms with Gasteiger partial charge in [0.25, 0.3) is 0 Å². The third kappa shape index (κ3) is 2.81. The van der Waals surface area contributed by atoms with Gasteiger partial charge in [-0.25, -0.2) is 0 Å². The summed E-state index contributed by atoms with van der Waals surface area (Å²) in [5, 5.41) is 0. The highest BCUT2D eigenvalue weighted by atomic mass is 127. The lowest BCUT2D eigenvalue weighted by molar-refractivity contribution is 1.53. The summed E-state index contributed by atoms with van der Waals surface area (Å²) in [6.07, 6.45) is 0. The van der Waals surface area contributed by atoms with Crippen molar-refractivity contribution in [3.05, 3.63) is 80.8 Å². The monoisotopic (exact) mass is 434 g/mol. The molecule has 0 nitrogen and oxygen atoms in total. The second-order valence-electron chi connectivity index (χ2n) is 4.55. The van der Waals surface area contributed by atoms with Gasteiger partial charge in [-0.15, -0.1) is 0 Å². The first-order chi connectivity index (χ1) is 9.75. The minimum atomic E-state index is 1.14. The molecule has 20 heavy (non-hydrogen) atoms. The van der Waals surface area contributed by atoms with E-state index in [2.05, 4.69) is 99.2 Å². The molecule has 3 aromatic rings. The van der Waals surface area contributed by atoms with Crippen molar-refractivity contribution in [1.82, 2.24) is 0 Å². The Labute approximate surface area is 141 Å². The molecule has 3 aromatic carbocycles. The van der Waals surface area contributed by atoms with Crippen molar-refractivity contribution in [2.45, 2.75) is 0 Å². The van der Waals surface area contributed by atoms with Gasteiger partial charge in [0.1, 0.15) is 0 Å². The van der Waals surface area contributed by atoms with E-state index >= 15 is 0 Å². The van der Waals surface area contributed by atoms with Gasteiger partial charge in [-0.3, -0.25) is 0 Å². The fraction of sp³-hybridized carbons (Fsp3) is 0. The van der Waals surface area contributed by atoms with Crippen LogP contribution in [0.2, 0.25) is 0 Å². The van der Waals surface area contributed by atoms with Crippen LogP contribution >= 0.6 is 38.5 Å². The topological polar surface area (TPSA) is 0 Å². The molecule has 0 fully saturated rings. The van der Waals surface area contributed by atoms with Crippen LogP contribution in [0, 0.1) is 3.57 Å². The van der Waals surface area contributed by atoms with Gasteiger partial charge in [0.15, 0.2) is 0 Å². The summed E-state index contributed by atoms with van der Waals surface area (Å²) in [6, 6.07) is 25.4. The Morgan fingerprint density at radius 1 is 0.650 bits per heavy atom. The van der Waals surface area contributed by atoms with E-state index in [-0.39, 0.29) is 0 Å². The summed E-state index contributed by atoms with van der Waals surface area (Å²) in [5.74, 6) is 0. The average molecular weight is 435 g/mol. The summed E-state index contributed by atoms with van der Waals surface area (Å²) < 4.78 is 2.38. The molecule has 0 aliphatic carbocycles. The van der Waals surface area contributed by atoms with Crippen LogP contribution in [0.4, 0.5) is 0 Å². The number of hydrogen-bond donors (Lipinski definition) is 0. The fourth-order valence-corrected chi connectivity index (χ4v) is 3.30.